The summed E-state index contributed by atoms with van der Waals surface area (Å²) in [6, 6.07) is 10.6. The summed E-state index contributed by atoms with van der Waals surface area (Å²) in [6.45, 7) is 2.86. The van der Waals surface area contributed by atoms with Crippen LogP contribution in [0.4, 0.5) is 0 Å². The minimum atomic E-state index is 0. The molecule has 0 aliphatic rings. The summed E-state index contributed by atoms with van der Waals surface area (Å²) >= 11 is 0. The monoisotopic (exact) mass is 142 g/mol. The Morgan fingerprint density at radius 2 is 2.27 bits per heavy atom. The number of benzene rings is 1. The van der Waals surface area contributed by atoms with Crippen molar-refractivity contribution in [3.05, 3.63) is 30.3 Å². The first-order chi connectivity index (χ1) is 4.93. The van der Waals surface area contributed by atoms with Crippen LogP contribution in [0.5, 0.6) is 5.75 Å². The molecule has 0 unspecified atom stereocenters. The van der Waals surface area contributed by atoms with Gasteiger partial charge in [-0.3, -0.25) is 0 Å². The summed E-state index contributed by atoms with van der Waals surface area (Å²) in [5.74, 6) is 0.837. The molecule has 0 fully saturated rings. The van der Waals surface area contributed by atoms with E-state index in [-0.39, 0.29) is 18.9 Å². The Balaban J connectivity index is 0.000001000. The van der Waals surface area contributed by atoms with Crippen molar-refractivity contribution in [1.29, 1.82) is 0 Å². The molecule has 54 valence electrons. The van der Waals surface area contributed by atoms with Gasteiger partial charge < -0.3 is 4.74 Å². The first kappa shape index (κ1) is 10.6. The average molecular weight is 142 g/mol. The third kappa shape index (κ3) is 4.13. The molecule has 0 aliphatic heterocycles. The van der Waals surface area contributed by atoms with Crippen molar-refractivity contribution in [2.45, 2.75) is 13.3 Å². The van der Waals surface area contributed by atoms with Gasteiger partial charge in [0.15, 0.2) is 0 Å². The summed E-state index contributed by atoms with van der Waals surface area (Å²) in [7, 11) is 0. The maximum absolute atomic E-state index is 5.30. The Labute approximate surface area is 79.9 Å². The smallest absolute Gasteiger partial charge is 0.519 e. The maximum Gasteiger partial charge on any atom is 1.00 e. The van der Waals surface area contributed by atoms with Gasteiger partial charge in [0, 0.05) is 5.75 Å². The zero-order valence-electron chi connectivity index (χ0n) is 7.13. The van der Waals surface area contributed by atoms with E-state index in [0.29, 0.717) is 0 Å². The van der Waals surface area contributed by atoms with Gasteiger partial charge in [-0.05, 0) is 6.42 Å². The molecule has 1 aromatic carbocycles. The van der Waals surface area contributed by atoms with Gasteiger partial charge in [0.05, 0.1) is 6.61 Å². The van der Waals surface area contributed by atoms with E-state index in [0.717, 1.165) is 18.8 Å². The van der Waals surface area contributed by atoms with Crippen LogP contribution < -0.4 is 23.6 Å². The van der Waals surface area contributed by atoms with E-state index in [9.17, 15) is 0 Å². The molecule has 0 aromatic heterocycles. The topological polar surface area (TPSA) is 9.23 Å². The molecule has 0 bridgehead atoms. The van der Waals surface area contributed by atoms with Crippen LogP contribution in [0.15, 0.2) is 24.3 Å². The van der Waals surface area contributed by atoms with E-state index in [1.165, 1.54) is 0 Å². The van der Waals surface area contributed by atoms with Crippen molar-refractivity contribution in [3.8, 4) is 5.75 Å². The number of para-hydroxylation sites is 1. The Morgan fingerprint density at radius 1 is 1.45 bits per heavy atom. The van der Waals surface area contributed by atoms with Gasteiger partial charge in [0.25, 0.3) is 0 Å². The Morgan fingerprint density at radius 3 is 2.82 bits per heavy atom. The Kier molecular flexibility index (Phi) is 6.12. The van der Waals surface area contributed by atoms with Gasteiger partial charge in [-0.1, -0.05) is 6.92 Å². The molecule has 1 rings (SSSR count). The molecule has 0 heterocycles. The maximum atomic E-state index is 5.30. The summed E-state index contributed by atoms with van der Waals surface area (Å²) < 4.78 is 5.30. The molecular weight excluding hydrogens is 131 g/mol. The van der Waals surface area contributed by atoms with Crippen molar-refractivity contribution in [3.63, 3.8) is 0 Å². The third-order valence-electron chi connectivity index (χ3n) is 1.14. The number of hydrogen-bond acceptors (Lipinski definition) is 1. The molecule has 0 amide bonds. The predicted molar refractivity (Wildman–Crippen MR) is 41.1 cm³/mol. The van der Waals surface area contributed by atoms with Crippen molar-refractivity contribution in [1.82, 2.24) is 0 Å². The van der Waals surface area contributed by atoms with Crippen LogP contribution in [0, 0.1) is 6.07 Å². The third-order valence-corrected chi connectivity index (χ3v) is 1.14. The van der Waals surface area contributed by atoms with Crippen molar-refractivity contribution in [2.24, 2.45) is 0 Å². The van der Waals surface area contributed by atoms with Gasteiger partial charge >= 0.3 is 18.9 Å². The average Bonchev–Trinajstić information content (AvgIpc) is 2.03. The number of rotatable bonds is 3. The van der Waals surface area contributed by atoms with Gasteiger partial charge in [-0.25, -0.2) is 0 Å². The second kappa shape index (κ2) is 6.34. The molecule has 0 aliphatic carbocycles. The molecule has 11 heavy (non-hydrogen) atoms. The van der Waals surface area contributed by atoms with Gasteiger partial charge in [-0.2, -0.15) is 18.2 Å². The first-order valence-electron chi connectivity index (χ1n) is 3.53. The van der Waals surface area contributed by atoms with E-state index in [1.807, 2.05) is 24.3 Å². The second-order valence-electron chi connectivity index (χ2n) is 2.08. The Bertz CT molecular complexity index is 174. The summed E-state index contributed by atoms with van der Waals surface area (Å²) in [5.41, 5.74) is 0. The van der Waals surface area contributed by atoms with Crippen LogP contribution in [0.25, 0.3) is 0 Å². The summed E-state index contributed by atoms with van der Waals surface area (Å²) in [6.07, 6.45) is 1.04. The van der Waals surface area contributed by atoms with E-state index in [2.05, 4.69) is 13.0 Å². The van der Waals surface area contributed by atoms with Gasteiger partial charge in [0.1, 0.15) is 0 Å². The first-order valence-corrected chi connectivity index (χ1v) is 3.53. The SMILES string of the molecule is CCCOc1[c-]cccc1.[Li+]. The minimum Gasteiger partial charge on any atom is -0.519 e. The molecule has 0 saturated carbocycles. The molecule has 1 aromatic rings. The second-order valence-corrected chi connectivity index (χ2v) is 2.08. The van der Waals surface area contributed by atoms with Crippen LogP contribution in [0.1, 0.15) is 13.3 Å². The van der Waals surface area contributed by atoms with E-state index < -0.39 is 0 Å². The zero-order chi connectivity index (χ0) is 7.23. The van der Waals surface area contributed by atoms with Crippen LogP contribution in [-0.4, -0.2) is 6.61 Å². The summed E-state index contributed by atoms with van der Waals surface area (Å²) in [5, 5.41) is 0. The largest absolute Gasteiger partial charge is 1.00 e. The fraction of sp³-hybridized carbons (Fsp3) is 0.333. The van der Waals surface area contributed by atoms with Crippen molar-refractivity contribution < 1.29 is 23.6 Å². The van der Waals surface area contributed by atoms with Gasteiger partial charge in [0.2, 0.25) is 0 Å². The molecule has 2 heteroatoms. The van der Waals surface area contributed by atoms with E-state index in [4.69, 9.17) is 4.74 Å². The fourth-order valence-electron chi connectivity index (χ4n) is 0.679. The van der Waals surface area contributed by atoms with Gasteiger partial charge in [-0.15, -0.1) is 12.1 Å². The molecule has 0 N–H and O–H groups in total. The number of hydrogen-bond donors (Lipinski definition) is 0. The minimum absolute atomic E-state index is 0. The molecule has 1 nitrogen and oxygen atoms in total. The molecule has 0 saturated heterocycles. The molecule has 0 atom stereocenters. The normalized spacial score (nSPS) is 8.45. The van der Waals surface area contributed by atoms with Crippen LogP contribution in [0.2, 0.25) is 0 Å². The quantitative estimate of drug-likeness (QED) is 0.400. The molecule has 0 radical (unpaired) electrons. The molecular formula is C9H11LiO. The van der Waals surface area contributed by atoms with Crippen molar-refractivity contribution >= 4 is 0 Å². The van der Waals surface area contributed by atoms with Crippen LogP contribution in [-0.2, 0) is 0 Å². The fourth-order valence-corrected chi connectivity index (χ4v) is 0.679. The number of ether oxygens (including phenoxy) is 1. The van der Waals surface area contributed by atoms with Crippen LogP contribution in [0.3, 0.4) is 0 Å². The van der Waals surface area contributed by atoms with E-state index in [1.54, 1.807) is 0 Å². The van der Waals surface area contributed by atoms with E-state index >= 15 is 0 Å². The Hall–Kier alpha value is -0.383. The van der Waals surface area contributed by atoms with Crippen LogP contribution >= 0.6 is 0 Å². The van der Waals surface area contributed by atoms with Crippen molar-refractivity contribution in [2.75, 3.05) is 6.61 Å². The zero-order valence-corrected chi connectivity index (χ0v) is 7.13. The predicted octanol–water partition coefficient (Wildman–Crippen LogP) is -0.720. The molecule has 0 spiro atoms. The standard InChI is InChI=1S/C9H11O.Li/c1-2-8-10-9-6-4-3-5-7-9;/h3-6H,2,8H2,1H3;/q-1;+1. The summed E-state index contributed by atoms with van der Waals surface area (Å²) in [4.78, 5) is 0.